The maximum Gasteiger partial charge on any atom is 0.323 e. The van der Waals surface area contributed by atoms with E-state index in [0.717, 1.165) is 42.7 Å². The molecule has 3 N–H and O–H groups in total. The average molecular weight is 447 g/mol. The maximum atomic E-state index is 13.2. The molecule has 1 heterocycles. The Bertz CT molecular complexity index is 1150. The van der Waals surface area contributed by atoms with E-state index in [0.29, 0.717) is 22.6 Å². The van der Waals surface area contributed by atoms with Crippen molar-refractivity contribution in [3.05, 3.63) is 83.2 Å². The molecule has 1 fully saturated rings. The average Bonchev–Trinajstić information content (AvgIpc) is 3.28. The van der Waals surface area contributed by atoms with Crippen molar-refractivity contribution in [1.82, 2.24) is 0 Å². The van der Waals surface area contributed by atoms with Crippen LogP contribution in [0.2, 0.25) is 0 Å². The van der Waals surface area contributed by atoms with Crippen molar-refractivity contribution in [3.63, 3.8) is 0 Å². The smallest absolute Gasteiger partial charge is 0.323 e. The summed E-state index contributed by atoms with van der Waals surface area (Å²) in [7, 11) is 0. The number of hydrogen-bond acceptors (Lipinski definition) is 3. The zero-order chi connectivity index (χ0) is 23.4. The van der Waals surface area contributed by atoms with Gasteiger partial charge in [-0.1, -0.05) is 6.07 Å². The van der Waals surface area contributed by atoms with Crippen LogP contribution in [0.25, 0.3) is 0 Å². The number of amides is 3. The molecule has 0 aromatic heterocycles. The zero-order valence-corrected chi connectivity index (χ0v) is 18.7. The van der Waals surface area contributed by atoms with E-state index >= 15 is 0 Å². The van der Waals surface area contributed by atoms with Gasteiger partial charge in [0.2, 0.25) is 0 Å². The van der Waals surface area contributed by atoms with Gasteiger partial charge in [-0.15, -0.1) is 0 Å². The molecule has 0 aliphatic carbocycles. The minimum absolute atomic E-state index is 0.349. The van der Waals surface area contributed by atoms with Gasteiger partial charge in [0.15, 0.2) is 0 Å². The summed E-state index contributed by atoms with van der Waals surface area (Å²) in [4.78, 5) is 27.6. The predicted octanol–water partition coefficient (Wildman–Crippen LogP) is 5.94. The minimum atomic E-state index is -0.400. The molecule has 4 rings (SSSR count). The molecule has 170 valence electrons. The molecule has 1 saturated heterocycles. The second-order valence-corrected chi connectivity index (χ2v) is 8.34. The second kappa shape index (κ2) is 9.73. The Morgan fingerprint density at radius 2 is 1.45 bits per heavy atom. The number of benzene rings is 3. The number of halogens is 1. The molecule has 3 amide bonds. The number of urea groups is 1. The van der Waals surface area contributed by atoms with Crippen molar-refractivity contribution in [2.75, 3.05) is 33.9 Å². The SMILES string of the molecule is Cc1cc(C)cc(NC(=O)Nc2cc(NC(=O)c3ccc(F)cc3)ccc2N2CCCC2)c1. The number of hydrogen-bond donors (Lipinski definition) is 3. The summed E-state index contributed by atoms with van der Waals surface area (Å²) in [5, 5.41) is 8.66. The van der Waals surface area contributed by atoms with Crippen LogP contribution in [-0.4, -0.2) is 25.0 Å². The van der Waals surface area contributed by atoms with Crippen LogP contribution < -0.4 is 20.9 Å². The van der Waals surface area contributed by atoms with Gasteiger partial charge >= 0.3 is 6.03 Å². The lowest BCUT2D eigenvalue weighted by Gasteiger charge is -2.22. The van der Waals surface area contributed by atoms with E-state index in [4.69, 9.17) is 0 Å². The third-order valence-electron chi connectivity index (χ3n) is 5.54. The van der Waals surface area contributed by atoms with Gasteiger partial charge in [0, 0.05) is 30.0 Å². The Morgan fingerprint density at radius 1 is 0.788 bits per heavy atom. The van der Waals surface area contributed by atoms with Crippen LogP contribution in [0.3, 0.4) is 0 Å². The predicted molar refractivity (Wildman–Crippen MR) is 131 cm³/mol. The molecule has 7 heteroatoms. The lowest BCUT2D eigenvalue weighted by Crippen LogP contribution is -2.24. The molecular formula is C26H27FN4O2. The number of anilines is 4. The highest BCUT2D eigenvalue weighted by molar-refractivity contribution is 6.06. The van der Waals surface area contributed by atoms with Crippen LogP contribution in [0.5, 0.6) is 0 Å². The van der Waals surface area contributed by atoms with Crippen LogP contribution in [0.4, 0.5) is 31.9 Å². The van der Waals surface area contributed by atoms with Gasteiger partial charge in [0.25, 0.3) is 5.91 Å². The summed E-state index contributed by atoms with van der Waals surface area (Å²) in [6.07, 6.45) is 2.19. The third-order valence-corrected chi connectivity index (χ3v) is 5.54. The molecule has 1 aliphatic rings. The van der Waals surface area contributed by atoms with E-state index in [2.05, 4.69) is 20.9 Å². The quantitative estimate of drug-likeness (QED) is 0.454. The van der Waals surface area contributed by atoms with Gasteiger partial charge in [-0.2, -0.15) is 0 Å². The first-order valence-electron chi connectivity index (χ1n) is 11.0. The molecule has 33 heavy (non-hydrogen) atoms. The Morgan fingerprint density at radius 3 is 2.12 bits per heavy atom. The highest BCUT2D eigenvalue weighted by atomic mass is 19.1. The van der Waals surface area contributed by atoms with E-state index in [1.165, 1.54) is 24.3 Å². The van der Waals surface area contributed by atoms with E-state index in [9.17, 15) is 14.0 Å². The molecule has 0 unspecified atom stereocenters. The Kier molecular flexibility index (Phi) is 6.58. The van der Waals surface area contributed by atoms with E-state index in [1.54, 1.807) is 6.07 Å². The van der Waals surface area contributed by atoms with E-state index in [-0.39, 0.29) is 11.9 Å². The Labute approximate surface area is 192 Å². The van der Waals surface area contributed by atoms with Crippen LogP contribution in [0, 0.1) is 19.7 Å². The van der Waals surface area contributed by atoms with Gasteiger partial charge in [-0.3, -0.25) is 4.79 Å². The topological polar surface area (TPSA) is 73.5 Å². The summed E-state index contributed by atoms with van der Waals surface area (Å²) >= 11 is 0. The largest absolute Gasteiger partial charge is 0.370 e. The molecule has 0 atom stereocenters. The number of carbonyl (C=O) groups excluding carboxylic acids is 2. The summed E-state index contributed by atoms with van der Waals surface area (Å²) in [6.45, 7) is 5.78. The van der Waals surface area contributed by atoms with Gasteiger partial charge in [0.1, 0.15) is 5.82 Å². The maximum absolute atomic E-state index is 13.2. The van der Waals surface area contributed by atoms with Crippen molar-refractivity contribution in [2.24, 2.45) is 0 Å². The minimum Gasteiger partial charge on any atom is -0.370 e. The first-order chi connectivity index (χ1) is 15.9. The summed E-state index contributed by atoms with van der Waals surface area (Å²) in [6, 6.07) is 16.3. The Balaban J connectivity index is 1.55. The van der Waals surface area contributed by atoms with Crippen LogP contribution in [-0.2, 0) is 0 Å². The monoisotopic (exact) mass is 446 g/mol. The number of rotatable bonds is 5. The van der Waals surface area contributed by atoms with Crippen molar-refractivity contribution in [1.29, 1.82) is 0 Å². The molecule has 6 nitrogen and oxygen atoms in total. The lowest BCUT2D eigenvalue weighted by molar-refractivity contribution is 0.102. The Hall–Kier alpha value is -3.87. The van der Waals surface area contributed by atoms with Crippen LogP contribution in [0.15, 0.2) is 60.7 Å². The number of aryl methyl sites for hydroxylation is 2. The van der Waals surface area contributed by atoms with Gasteiger partial charge < -0.3 is 20.9 Å². The molecule has 0 radical (unpaired) electrons. The van der Waals surface area contributed by atoms with Crippen molar-refractivity contribution in [3.8, 4) is 0 Å². The van der Waals surface area contributed by atoms with Crippen molar-refractivity contribution < 1.29 is 14.0 Å². The van der Waals surface area contributed by atoms with Crippen molar-refractivity contribution >= 4 is 34.7 Å². The summed E-state index contributed by atoms with van der Waals surface area (Å²) in [5.74, 6) is -0.752. The molecule has 1 aliphatic heterocycles. The fourth-order valence-electron chi connectivity index (χ4n) is 4.08. The normalized spacial score (nSPS) is 13.0. The fraction of sp³-hybridized carbons (Fsp3) is 0.231. The lowest BCUT2D eigenvalue weighted by atomic mass is 10.1. The van der Waals surface area contributed by atoms with Gasteiger partial charge in [-0.05, 0) is 92.4 Å². The van der Waals surface area contributed by atoms with Crippen LogP contribution in [0.1, 0.15) is 34.3 Å². The van der Waals surface area contributed by atoms with Crippen molar-refractivity contribution in [2.45, 2.75) is 26.7 Å². The fourth-order valence-corrected chi connectivity index (χ4v) is 4.08. The van der Waals surface area contributed by atoms with E-state index in [1.807, 2.05) is 44.2 Å². The van der Waals surface area contributed by atoms with Gasteiger partial charge in [-0.25, -0.2) is 9.18 Å². The van der Waals surface area contributed by atoms with E-state index < -0.39 is 5.82 Å². The molecule has 0 spiro atoms. The first-order valence-corrected chi connectivity index (χ1v) is 11.0. The standard InChI is InChI=1S/C26H27FN4O2/c1-17-13-18(2)15-22(14-17)29-26(33)30-23-16-21(9-10-24(23)31-11-3-4-12-31)28-25(32)19-5-7-20(27)8-6-19/h5-10,13-16H,3-4,11-12H2,1-2H3,(H,28,32)(H2,29,30,33). The third kappa shape index (κ3) is 5.68. The van der Waals surface area contributed by atoms with Crippen LogP contribution >= 0.6 is 0 Å². The molecular weight excluding hydrogens is 419 g/mol. The summed E-state index contributed by atoms with van der Waals surface area (Å²) in [5.41, 5.74) is 5.24. The second-order valence-electron chi connectivity index (χ2n) is 8.34. The molecule has 0 saturated carbocycles. The summed E-state index contributed by atoms with van der Waals surface area (Å²) < 4.78 is 13.2. The first kappa shape index (κ1) is 22.3. The zero-order valence-electron chi connectivity index (χ0n) is 18.7. The number of nitrogens with zero attached hydrogens (tertiary/aromatic N) is 1. The molecule has 0 bridgehead atoms. The number of carbonyl (C=O) groups is 2. The number of nitrogens with one attached hydrogen (secondary N) is 3. The molecule has 3 aromatic carbocycles. The highest BCUT2D eigenvalue weighted by Gasteiger charge is 2.18. The highest BCUT2D eigenvalue weighted by Crippen LogP contribution is 2.32. The van der Waals surface area contributed by atoms with Gasteiger partial charge in [0.05, 0.1) is 11.4 Å². The molecule has 3 aromatic rings.